The van der Waals surface area contributed by atoms with Crippen LogP contribution < -0.4 is 5.32 Å². The zero-order chi connectivity index (χ0) is 36.8. The average molecular weight is 702 g/mol. The second-order valence-corrected chi connectivity index (χ2v) is 15.1. The summed E-state index contributed by atoms with van der Waals surface area (Å²) in [7, 11) is 3.30. The first kappa shape index (κ1) is 35.7. The summed E-state index contributed by atoms with van der Waals surface area (Å²) >= 11 is 0. The number of fused-ring (bicyclic) bond motifs is 2. The van der Waals surface area contributed by atoms with E-state index in [9.17, 15) is 24.0 Å². The summed E-state index contributed by atoms with van der Waals surface area (Å²) in [5.41, 5.74) is 2.48. The van der Waals surface area contributed by atoms with Gasteiger partial charge in [0, 0.05) is 67.7 Å². The lowest BCUT2D eigenvalue weighted by Crippen LogP contribution is -2.63. The molecule has 0 atom stereocenters. The summed E-state index contributed by atoms with van der Waals surface area (Å²) in [5.74, 6) is -1.89. The first-order valence-electron chi connectivity index (χ1n) is 17.1. The maximum absolute atomic E-state index is 15.8. The summed E-state index contributed by atoms with van der Waals surface area (Å²) in [6.45, 7) is 7.16. The number of carbonyl (C=O) groups is 5. The van der Waals surface area contributed by atoms with Gasteiger partial charge in [0.05, 0.1) is 29.5 Å². The Morgan fingerprint density at radius 1 is 1.06 bits per heavy atom. The number of nitrogens with one attached hydrogen (secondary N) is 1. The van der Waals surface area contributed by atoms with Crippen molar-refractivity contribution in [3.05, 3.63) is 48.0 Å². The summed E-state index contributed by atoms with van der Waals surface area (Å²) in [5, 5.41) is 13.2. The van der Waals surface area contributed by atoms with Crippen LogP contribution in [0.3, 0.4) is 0 Å². The predicted molar refractivity (Wildman–Crippen MR) is 187 cm³/mol. The Morgan fingerprint density at radius 2 is 1.78 bits per heavy atom. The van der Waals surface area contributed by atoms with E-state index in [2.05, 4.69) is 10.4 Å². The molecule has 0 radical (unpaired) electrons. The van der Waals surface area contributed by atoms with Crippen LogP contribution in [-0.2, 0) is 42.3 Å². The molecule has 1 aliphatic carbocycles. The molecular weight excluding hydrogens is 657 g/mol. The number of hydrogen-bond acceptors (Lipinski definition) is 8. The molecule has 1 aliphatic heterocycles. The number of ether oxygens (including phenoxy) is 1. The summed E-state index contributed by atoms with van der Waals surface area (Å²) in [4.78, 5) is 65.1. The highest BCUT2D eigenvalue weighted by atomic mass is 19.1. The number of amides is 3. The van der Waals surface area contributed by atoms with Gasteiger partial charge in [0.25, 0.3) is 0 Å². The molecule has 14 heteroatoms. The number of benzene rings is 2. The van der Waals surface area contributed by atoms with Crippen molar-refractivity contribution in [3.63, 3.8) is 0 Å². The van der Waals surface area contributed by atoms with E-state index in [0.29, 0.717) is 35.1 Å². The zero-order valence-electron chi connectivity index (χ0n) is 29.9. The number of rotatable bonds is 11. The van der Waals surface area contributed by atoms with Crippen LogP contribution in [0.15, 0.2) is 36.5 Å². The molecule has 4 aromatic rings. The zero-order valence-corrected chi connectivity index (χ0v) is 29.9. The Bertz CT molecular complexity index is 2050. The number of likely N-dealkylation sites (N-methyl/N-ethyl adjacent to an activating group) is 1. The lowest BCUT2D eigenvalue weighted by atomic mass is 9.56. The van der Waals surface area contributed by atoms with E-state index in [1.807, 2.05) is 18.2 Å². The van der Waals surface area contributed by atoms with Crippen LogP contribution in [0.25, 0.3) is 32.9 Å². The number of ketones is 1. The van der Waals surface area contributed by atoms with E-state index >= 15 is 4.39 Å². The molecule has 13 nitrogen and oxygen atoms in total. The highest BCUT2D eigenvalue weighted by Gasteiger charge is 2.54. The summed E-state index contributed by atoms with van der Waals surface area (Å²) in [6, 6.07) is 8.76. The molecule has 1 N–H and O–H groups in total. The van der Waals surface area contributed by atoms with Crippen molar-refractivity contribution < 1.29 is 33.1 Å². The van der Waals surface area contributed by atoms with Gasteiger partial charge < -0.3 is 24.6 Å². The van der Waals surface area contributed by atoms with E-state index in [0.717, 1.165) is 29.4 Å². The molecule has 270 valence electrons. The van der Waals surface area contributed by atoms with Gasteiger partial charge in [-0.05, 0) is 64.3 Å². The standard InChI is InChI=1S/C37H44FN7O6/c1-22(46)10-11-31(48)44-20-37(21-44)14-24(15-37)35-34-25(26-13-29-23(12-27(26)38)16-40-43(29)6)8-7-9-28(34)45(41-35)19-32(49)42(5)18-30(47)39-17-33(50)51-36(2,3)4/h7-9,12-13,16,24H,10-11,14-15,17-21H2,1-6H3,(H,39,47). The van der Waals surface area contributed by atoms with Crippen LogP contribution >= 0.6 is 0 Å². The number of nitrogens with zero attached hydrogens (tertiary/aromatic N) is 6. The van der Waals surface area contributed by atoms with Crippen molar-refractivity contribution in [1.82, 2.24) is 34.7 Å². The van der Waals surface area contributed by atoms with Crippen molar-refractivity contribution in [2.24, 2.45) is 12.5 Å². The highest BCUT2D eigenvalue weighted by Crippen LogP contribution is 2.57. The Kier molecular flexibility index (Phi) is 9.47. The van der Waals surface area contributed by atoms with Gasteiger partial charge in [-0.15, -0.1) is 0 Å². The molecule has 3 heterocycles. The van der Waals surface area contributed by atoms with Gasteiger partial charge in [-0.3, -0.25) is 28.5 Å². The second kappa shape index (κ2) is 13.5. The number of halogens is 1. The van der Waals surface area contributed by atoms with Gasteiger partial charge >= 0.3 is 5.97 Å². The minimum absolute atomic E-state index is 0.00863. The van der Waals surface area contributed by atoms with E-state index in [-0.39, 0.29) is 61.4 Å². The van der Waals surface area contributed by atoms with E-state index < -0.39 is 23.3 Å². The first-order chi connectivity index (χ1) is 24.0. The summed E-state index contributed by atoms with van der Waals surface area (Å²) < 4.78 is 24.3. The molecular formula is C37H44FN7O6. The van der Waals surface area contributed by atoms with Crippen LogP contribution in [-0.4, -0.2) is 97.7 Å². The molecule has 3 amide bonds. The van der Waals surface area contributed by atoms with Crippen molar-refractivity contribution in [2.45, 2.75) is 71.4 Å². The monoisotopic (exact) mass is 701 g/mol. The summed E-state index contributed by atoms with van der Waals surface area (Å²) in [6.07, 6.45) is 3.63. The topological polar surface area (TPSA) is 149 Å². The normalized spacial score (nSPS) is 15.5. The van der Waals surface area contributed by atoms with Gasteiger partial charge in [0.1, 0.15) is 30.3 Å². The van der Waals surface area contributed by atoms with Crippen molar-refractivity contribution in [1.29, 1.82) is 0 Å². The number of hydrogen-bond donors (Lipinski definition) is 1. The largest absolute Gasteiger partial charge is 0.459 e. The van der Waals surface area contributed by atoms with Gasteiger partial charge in [-0.1, -0.05) is 12.1 Å². The quantitative estimate of drug-likeness (QED) is 0.233. The SMILES string of the molecule is CC(=O)CCC(=O)N1CC2(CC(c3nn(CC(=O)N(C)CC(=O)NCC(=O)OC(C)(C)C)c4cccc(-c5cc6c(cnn6C)cc5F)c34)C2)C1. The van der Waals surface area contributed by atoms with Crippen LogP contribution in [0.1, 0.15) is 65.0 Å². The fourth-order valence-electron chi connectivity index (χ4n) is 7.24. The second-order valence-electron chi connectivity index (χ2n) is 15.1. The Labute approximate surface area is 295 Å². The first-order valence-corrected chi connectivity index (χ1v) is 17.1. The fourth-order valence-corrected chi connectivity index (χ4v) is 7.24. The number of aryl methyl sites for hydroxylation is 1. The van der Waals surface area contributed by atoms with E-state index in [1.54, 1.807) is 54.3 Å². The van der Waals surface area contributed by atoms with Crippen molar-refractivity contribution >= 4 is 51.3 Å². The number of carbonyl (C=O) groups excluding carboxylic acids is 5. The number of likely N-dealkylation sites (tertiary alicyclic amines) is 1. The molecule has 2 aromatic carbocycles. The molecule has 2 aliphatic rings. The molecule has 0 unspecified atom stereocenters. The van der Waals surface area contributed by atoms with Crippen LogP contribution in [0.2, 0.25) is 0 Å². The molecule has 51 heavy (non-hydrogen) atoms. The van der Waals surface area contributed by atoms with Gasteiger partial charge in [-0.25, -0.2) is 4.39 Å². The lowest BCUT2D eigenvalue weighted by molar-refractivity contribution is -0.154. The molecule has 0 bridgehead atoms. The fraction of sp³-hybridized carbons (Fsp3) is 0.486. The Morgan fingerprint density at radius 3 is 2.47 bits per heavy atom. The minimum Gasteiger partial charge on any atom is -0.459 e. The van der Waals surface area contributed by atoms with Crippen LogP contribution in [0.5, 0.6) is 0 Å². The Hall–Kier alpha value is -5.14. The third kappa shape index (κ3) is 7.49. The molecule has 1 spiro atoms. The van der Waals surface area contributed by atoms with Gasteiger partial charge in [0.15, 0.2) is 0 Å². The van der Waals surface area contributed by atoms with Crippen molar-refractivity contribution in [2.75, 3.05) is 33.2 Å². The predicted octanol–water partition coefficient (Wildman–Crippen LogP) is 3.72. The van der Waals surface area contributed by atoms with Crippen LogP contribution in [0.4, 0.5) is 4.39 Å². The maximum atomic E-state index is 15.8. The third-order valence-electron chi connectivity index (χ3n) is 9.71. The highest BCUT2D eigenvalue weighted by molar-refractivity contribution is 6.00. The molecule has 1 saturated heterocycles. The molecule has 1 saturated carbocycles. The van der Waals surface area contributed by atoms with Crippen LogP contribution in [0, 0.1) is 11.2 Å². The number of esters is 1. The van der Waals surface area contributed by atoms with Gasteiger partial charge in [0.2, 0.25) is 17.7 Å². The lowest BCUT2D eigenvalue weighted by Gasteiger charge is -2.59. The number of aromatic nitrogens is 4. The maximum Gasteiger partial charge on any atom is 0.325 e. The average Bonchev–Trinajstić information content (AvgIpc) is 3.55. The molecule has 6 rings (SSSR count). The Balaban J connectivity index is 1.24. The number of Topliss-reactive ketones (excluding diaryl/α,β-unsaturated/α-hetero) is 1. The molecule has 2 aromatic heterocycles. The minimum atomic E-state index is -0.689. The van der Waals surface area contributed by atoms with Gasteiger partial charge in [-0.2, -0.15) is 10.2 Å². The smallest absolute Gasteiger partial charge is 0.325 e. The van der Waals surface area contributed by atoms with E-state index in [1.165, 1.54) is 24.9 Å². The van der Waals surface area contributed by atoms with Crippen molar-refractivity contribution in [3.8, 4) is 11.1 Å². The van der Waals surface area contributed by atoms with E-state index in [4.69, 9.17) is 9.84 Å². The molecule has 2 fully saturated rings. The third-order valence-corrected chi connectivity index (χ3v) is 9.71.